The average Bonchev–Trinajstić information content (AvgIpc) is 3.15. The fourth-order valence-electron chi connectivity index (χ4n) is 4.33. The van der Waals surface area contributed by atoms with Crippen molar-refractivity contribution in [1.82, 2.24) is 15.5 Å². The number of carbonyl (C=O) groups excluding carboxylic acids is 2. The molecule has 0 aromatic carbocycles. The Morgan fingerprint density at radius 3 is 2.82 bits per heavy atom. The lowest BCUT2D eigenvalue weighted by Crippen LogP contribution is -2.50. The van der Waals surface area contributed by atoms with Crippen molar-refractivity contribution < 1.29 is 9.59 Å². The standard InChI is InChI=1S/C21H33N3O2S.ClH/c1-3-4-18(21(26)24-11-7-19-17(14-24)8-12-27-19)23-20(25)13-15(2)16-5-9-22-10-6-16;/h8,12,15-16,18,22H,3-7,9-11,13-14H2,1-2H3,(H,23,25);1H. The number of nitrogens with one attached hydrogen (secondary N) is 2. The summed E-state index contributed by atoms with van der Waals surface area (Å²) in [6.45, 7) is 7.78. The molecule has 0 bridgehead atoms. The lowest BCUT2D eigenvalue weighted by molar-refractivity contribution is -0.137. The van der Waals surface area contributed by atoms with Gasteiger partial charge in [0.2, 0.25) is 11.8 Å². The van der Waals surface area contributed by atoms with Crippen molar-refractivity contribution >= 4 is 35.6 Å². The topological polar surface area (TPSA) is 61.4 Å². The van der Waals surface area contributed by atoms with Crippen molar-refractivity contribution in [3.8, 4) is 0 Å². The van der Waals surface area contributed by atoms with Gasteiger partial charge in [0.1, 0.15) is 6.04 Å². The normalized spacial score (nSPS) is 19.3. The summed E-state index contributed by atoms with van der Waals surface area (Å²) in [4.78, 5) is 29.0. The van der Waals surface area contributed by atoms with Crippen LogP contribution in [0.5, 0.6) is 0 Å². The molecule has 0 saturated carbocycles. The van der Waals surface area contributed by atoms with E-state index in [-0.39, 0.29) is 30.3 Å². The van der Waals surface area contributed by atoms with Crippen LogP contribution in [0.1, 0.15) is 56.4 Å². The van der Waals surface area contributed by atoms with E-state index in [1.807, 2.05) is 4.90 Å². The number of amides is 2. The zero-order valence-electron chi connectivity index (χ0n) is 17.0. The van der Waals surface area contributed by atoms with E-state index in [2.05, 4.69) is 35.9 Å². The predicted octanol–water partition coefficient (Wildman–Crippen LogP) is 3.37. The summed E-state index contributed by atoms with van der Waals surface area (Å²) in [7, 11) is 0. The second-order valence-electron chi connectivity index (χ2n) is 8.06. The van der Waals surface area contributed by atoms with E-state index in [1.54, 1.807) is 11.3 Å². The van der Waals surface area contributed by atoms with Crippen LogP contribution in [-0.4, -0.2) is 42.4 Å². The second kappa shape index (κ2) is 11.2. The Morgan fingerprint density at radius 1 is 1.36 bits per heavy atom. The molecule has 0 aliphatic carbocycles. The first-order valence-corrected chi connectivity index (χ1v) is 11.3. The largest absolute Gasteiger partial charge is 0.344 e. The number of thiophene rings is 1. The van der Waals surface area contributed by atoms with Crippen molar-refractivity contribution in [3.63, 3.8) is 0 Å². The molecule has 28 heavy (non-hydrogen) atoms. The summed E-state index contributed by atoms with van der Waals surface area (Å²) in [5.41, 5.74) is 1.26. The molecular formula is C21H34ClN3O2S. The maximum atomic E-state index is 13.0. The molecule has 3 heterocycles. The number of hydrogen-bond acceptors (Lipinski definition) is 4. The molecule has 2 atom stereocenters. The molecule has 1 aromatic rings. The molecule has 2 unspecified atom stereocenters. The number of carbonyl (C=O) groups is 2. The van der Waals surface area contributed by atoms with Crippen LogP contribution >= 0.6 is 23.7 Å². The highest BCUT2D eigenvalue weighted by Crippen LogP contribution is 2.26. The Morgan fingerprint density at radius 2 is 2.11 bits per heavy atom. The summed E-state index contributed by atoms with van der Waals surface area (Å²) in [6.07, 6.45) is 5.33. The van der Waals surface area contributed by atoms with E-state index >= 15 is 0 Å². The number of fused-ring (bicyclic) bond motifs is 1. The zero-order valence-corrected chi connectivity index (χ0v) is 18.7. The lowest BCUT2D eigenvalue weighted by atomic mass is 9.84. The first kappa shape index (κ1) is 23.2. The SMILES string of the molecule is CCCC(NC(=O)CC(C)C1CCNCC1)C(=O)N1CCc2sccc2C1.Cl. The maximum absolute atomic E-state index is 13.0. The van der Waals surface area contributed by atoms with Crippen LogP contribution in [0.2, 0.25) is 0 Å². The van der Waals surface area contributed by atoms with Gasteiger partial charge < -0.3 is 15.5 Å². The average molecular weight is 428 g/mol. The molecule has 1 aromatic heterocycles. The van der Waals surface area contributed by atoms with Crippen LogP contribution in [0.4, 0.5) is 0 Å². The van der Waals surface area contributed by atoms with Crippen molar-refractivity contribution in [3.05, 3.63) is 21.9 Å². The van der Waals surface area contributed by atoms with Gasteiger partial charge in [0.05, 0.1) is 0 Å². The highest BCUT2D eigenvalue weighted by atomic mass is 35.5. The molecule has 2 aliphatic rings. The first-order valence-electron chi connectivity index (χ1n) is 10.4. The first-order chi connectivity index (χ1) is 13.1. The Bertz CT molecular complexity index is 645. The van der Waals surface area contributed by atoms with Gasteiger partial charge in [-0.3, -0.25) is 9.59 Å². The van der Waals surface area contributed by atoms with Gasteiger partial charge in [0, 0.05) is 24.4 Å². The van der Waals surface area contributed by atoms with Gasteiger partial charge in [-0.2, -0.15) is 0 Å². The van der Waals surface area contributed by atoms with E-state index in [1.165, 1.54) is 10.4 Å². The number of halogens is 1. The molecule has 2 amide bonds. The molecule has 7 heteroatoms. The summed E-state index contributed by atoms with van der Waals surface area (Å²) in [5.74, 6) is 1.09. The van der Waals surface area contributed by atoms with Crippen molar-refractivity contribution in [2.75, 3.05) is 19.6 Å². The Hall–Kier alpha value is -1.11. The fraction of sp³-hybridized carbons (Fsp3) is 0.714. The van der Waals surface area contributed by atoms with Crippen LogP contribution in [0.15, 0.2) is 11.4 Å². The van der Waals surface area contributed by atoms with Gasteiger partial charge in [0.25, 0.3) is 0 Å². The number of hydrogen-bond donors (Lipinski definition) is 2. The van der Waals surface area contributed by atoms with E-state index in [9.17, 15) is 9.59 Å². The van der Waals surface area contributed by atoms with Gasteiger partial charge in [-0.05, 0) is 67.6 Å². The van der Waals surface area contributed by atoms with E-state index in [0.29, 0.717) is 31.2 Å². The van der Waals surface area contributed by atoms with Gasteiger partial charge in [-0.25, -0.2) is 0 Å². The molecule has 1 fully saturated rings. The van der Waals surface area contributed by atoms with Gasteiger partial charge >= 0.3 is 0 Å². The van der Waals surface area contributed by atoms with E-state index in [0.717, 1.165) is 45.3 Å². The van der Waals surface area contributed by atoms with Crippen LogP contribution in [0, 0.1) is 11.8 Å². The highest BCUT2D eigenvalue weighted by molar-refractivity contribution is 7.10. The molecule has 2 N–H and O–H groups in total. The monoisotopic (exact) mass is 427 g/mol. The summed E-state index contributed by atoms with van der Waals surface area (Å²) in [6, 6.07) is 1.73. The molecule has 5 nitrogen and oxygen atoms in total. The number of nitrogens with zero attached hydrogens (tertiary/aromatic N) is 1. The molecule has 0 spiro atoms. The second-order valence-corrected chi connectivity index (χ2v) is 9.06. The van der Waals surface area contributed by atoms with Crippen LogP contribution in [-0.2, 0) is 22.6 Å². The van der Waals surface area contributed by atoms with E-state index < -0.39 is 0 Å². The molecule has 3 rings (SSSR count). The van der Waals surface area contributed by atoms with Crippen LogP contribution in [0.25, 0.3) is 0 Å². The van der Waals surface area contributed by atoms with Crippen molar-refractivity contribution in [2.45, 2.75) is 65.0 Å². The molecule has 158 valence electrons. The third-order valence-corrected chi connectivity index (χ3v) is 7.05. The molecule has 0 radical (unpaired) electrons. The Labute approximate surface area is 179 Å². The summed E-state index contributed by atoms with van der Waals surface area (Å²) < 4.78 is 0. The Kier molecular flexibility index (Phi) is 9.25. The molecular weight excluding hydrogens is 394 g/mol. The third kappa shape index (κ3) is 5.94. The minimum absolute atomic E-state index is 0. The summed E-state index contributed by atoms with van der Waals surface area (Å²) in [5, 5.41) is 8.54. The van der Waals surface area contributed by atoms with Gasteiger partial charge in [-0.1, -0.05) is 20.3 Å². The molecule has 1 saturated heterocycles. The highest BCUT2D eigenvalue weighted by Gasteiger charge is 2.29. The predicted molar refractivity (Wildman–Crippen MR) is 117 cm³/mol. The fourth-order valence-corrected chi connectivity index (χ4v) is 5.22. The summed E-state index contributed by atoms with van der Waals surface area (Å²) >= 11 is 1.78. The van der Waals surface area contributed by atoms with Gasteiger partial charge in [0.15, 0.2) is 0 Å². The van der Waals surface area contributed by atoms with E-state index in [4.69, 9.17) is 0 Å². The zero-order chi connectivity index (χ0) is 19.2. The third-order valence-electron chi connectivity index (χ3n) is 6.03. The molecule has 2 aliphatic heterocycles. The van der Waals surface area contributed by atoms with Crippen LogP contribution < -0.4 is 10.6 Å². The minimum atomic E-state index is -0.386. The van der Waals surface area contributed by atoms with Crippen molar-refractivity contribution in [2.24, 2.45) is 11.8 Å². The number of rotatable bonds is 7. The number of piperidine rings is 1. The maximum Gasteiger partial charge on any atom is 0.245 e. The lowest BCUT2D eigenvalue weighted by Gasteiger charge is -2.31. The van der Waals surface area contributed by atoms with Gasteiger partial charge in [-0.15, -0.1) is 23.7 Å². The minimum Gasteiger partial charge on any atom is -0.344 e. The van der Waals surface area contributed by atoms with Crippen LogP contribution in [0.3, 0.4) is 0 Å². The van der Waals surface area contributed by atoms with Crippen molar-refractivity contribution in [1.29, 1.82) is 0 Å². The Balaban J connectivity index is 0.00000280. The quantitative estimate of drug-likeness (QED) is 0.701. The smallest absolute Gasteiger partial charge is 0.245 e.